The van der Waals surface area contributed by atoms with Crippen LogP contribution in [0.1, 0.15) is 41.3 Å². The highest BCUT2D eigenvalue weighted by Crippen LogP contribution is 2.37. The molecule has 1 amide bonds. The summed E-state index contributed by atoms with van der Waals surface area (Å²) < 4.78 is 10.6. The second-order valence-electron chi connectivity index (χ2n) is 6.76. The number of aryl methyl sites for hydroxylation is 2. The van der Waals surface area contributed by atoms with Crippen molar-refractivity contribution in [3.63, 3.8) is 0 Å². The maximum atomic E-state index is 12.2. The molecule has 7 heteroatoms. The van der Waals surface area contributed by atoms with Crippen LogP contribution < -0.4 is 10.1 Å². The Morgan fingerprint density at radius 2 is 2.11 bits per heavy atom. The number of carbonyl (C=O) groups is 2. The summed E-state index contributed by atoms with van der Waals surface area (Å²) in [6, 6.07) is 9.53. The first kappa shape index (κ1) is 19.9. The van der Waals surface area contributed by atoms with Crippen LogP contribution in [0.2, 0.25) is 0 Å². The molecule has 0 aliphatic heterocycles. The van der Waals surface area contributed by atoms with Gasteiger partial charge in [-0.3, -0.25) is 4.79 Å². The lowest BCUT2D eigenvalue weighted by molar-refractivity contribution is -0.153. The summed E-state index contributed by atoms with van der Waals surface area (Å²) in [5.41, 5.74) is 2.60. The smallest absolute Gasteiger partial charge is 0.347 e. The minimum absolute atomic E-state index is 0.423. The summed E-state index contributed by atoms with van der Waals surface area (Å²) >= 11 is 1.44. The van der Waals surface area contributed by atoms with Gasteiger partial charge in [-0.25, -0.2) is 4.79 Å². The van der Waals surface area contributed by atoms with Gasteiger partial charge in [-0.1, -0.05) is 12.1 Å². The number of carbonyl (C=O) groups excluding carboxylic acids is 2. The van der Waals surface area contributed by atoms with Crippen molar-refractivity contribution in [3.05, 3.63) is 45.8 Å². The second kappa shape index (κ2) is 8.89. The van der Waals surface area contributed by atoms with E-state index in [0.29, 0.717) is 16.3 Å². The topological polar surface area (TPSA) is 88.4 Å². The lowest BCUT2D eigenvalue weighted by Gasteiger charge is -2.14. The molecule has 28 heavy (non-hydrogen) atoms. The van der Waals surface area contributed by atoms with Crippen LogP contribution in [0.25, 0.3) is 0 Å². The van der Waals surface area contributed by atoms with E-state index in [1.807, 2.05) is 25.1 Å². The van der Waals surface area contributed by atoms with Crippen LogP contribution in [-0.2, 0) is 27.2 Å². The molecule has 1 N–H and O–H groups in total. The molecule has 0 bridgehead atoms. The third-order valence-corrected chi connectivity index (χ3v) is 5.72. The summed E-state index contributed by atoms with van der Waals surface area (Å²) in [5.74, 6) is -0.523. The maximum absolute atomic E-state index is 12.2. The number of nitriles is 1. The van der Waals surface area contributed by atoms with Crippen LogP contribution in [0.5, 0.6) is 5.75 Å². The number of esters is 1. The van der Waals surface area contributed by atoms with E-state index in [1.54, 1.807) is 13.0 Å². The molecule has 0 spiro atoms. The molecule has 3 rings (SSSR count). The van der Waals surface area contributed by atoms with Gasteiger partial charge < -0.3 is 14.8 Å². The van der Waals surface area contributed by atoms with E-state index in [4.69, 9.17) is 9.47 Å². The van der Waals surface area contributed by atoms with Crippen molar-refractivity contribution in [2.24, 2.45) is 0 Å². The number of hydrogen-bond acceptors (Lipinski definition) is 6. The Hall–Kier alpha value is -2.85. The predicted molar refractivity (Wildman–Crippen MR) is 107 cm³/mol. The minimum atomic E-state index is -0.835. The molecule has 0 fully saturated rings. The Morgan fingerprint density at radius 1 is 1.32 bits per heavy atom. The standard InChI is InChI=1S/C21H22N2O4S/c1-13-6-5-7-15(10-13)27-14(2)21(25)26-12-19(24)23-20-17(11-22)16-8-3-4-9-18(16)28-20/h5-7,10,14H,3-4,8-9,12H2,1-2H3,(H,23,24)/t14-/m1/s1. The lowest BCUT2D eigenvalue weighted by Crippen LogP contribution is -2.29. The normalized spacial score (nSPS) is 13.8. The molecule has 0 radical (unpaired) electrons. The summed E-state index contributed by atoms with van der Waals surface area (Å²) in [5, 5.41) is 12.7. The number of fused-ring (bicyclic) bond motifs is 1. The van der Waals surface area contributed by atoms with Crippen LogP contribution in [0.4, 0.5) is 5.00 Å². The molecule has 1 aromatic carbocycles. The molecule has 1 aliphatic rings. The largest absolute Gasteiger partial charge is 0.479 e. The van der Waals surface area contributed by atoms with Crippen molar-refractivity contribution >= 4 is 28.2 Å². The molecule has 1 aliphatic carbocycles. The lowest BCUT2D eigenvalue weighted by atomic mass is 9.96. The Kier molecular flexibility index (Phi) is 6.32. The highest BCUT2D eigenvalue weighted by molar-refractivity contribution is 7.16. The van der Waals surface area contributed by atoms with Crippen molar-refractivity contribution in [2.75, 3.05) is 11.9 Å². The number of anilines is 1. The average molecular weight is 398 g/mol. The van der Waals surface area contributed by atoms with Gasteiger partial charge in [0.15, 0.2) is 12.7 Å². The van der Waals surface area contributed by atoms with Crippen molar-refractivity contribution in [1.82, 2.24) is 0 Å². The van der Waals surface area contributed by atoms with Gasteiger partial charge >= 0.3 is 5.97 Å². The number of nitrogens with zero attached hydrogens (tertiary/aromatic N) is 1. The highest BCUT2D eigenvalue weighted by atomic mass is 32.1. The number of amides is 1. The SMILES string of the molecule is Cc1cccc(O[C@H](C)C(=O)OCC(=O)Nc2sc3c(c2C#N)CCCC3)c1. The van der Waals surface area contributed by atoms with Crippen molar-refractivity contribution in [1.29, 1.82) is 5.26 Å². The fraction of sp³-hybridized carbons (Fsp3) is 0.381. The fourth-order valence-electron chi connectivity index (χ4n) is 3.13. The second-order valence-corrected chi connectivity index (χ2v) is 7.86. The van der Waals surface area contributed by atoms with E-state index in [1.165, 1.54) is 11.3 Å². The van der Waals surface area contributed by atoms with E-state index < -0.39 is 24.6 Å². The van der Waals surface area contributed by atoms with Crippen molar-refractivity contribution in [2.45, 2.75) is 45.6 Å². The van der Waals surface area contributed by atoms with Crippen LogP contribution in [0, 0.1) is 18.3 Å². The zero-order valence-corrected chi connectivity index (χ0v) is 16.7. The molecule has 0 unspecified atom stereocenters. The van der Waals surface area contributed by atoms with E-state index in [9.17, 15) is 14.9 Å². The number of thiophene rings is 1. The summed E-state index contributed by atoms with van der Waals surface area (Å²) in [4.78, 5) is 25.4. The van der Waals surface area contributed by atoms with Gasteiger partial charge in [-0.05, 0) is 62.8 Å². The molecule has 2 aromatic rings. The third kappa shape index (κ3) is 4.70. The van der Waals surface area contributed by atoms with Crippen LogP contribution in [0.15, 0.2) is 24.3 Å². The number of ether oxygens (including phenoxy) is 2. The molecular weight excluding hydrogens is 376 g/mol. The summed E-state index contributed by atoms with van der Waals surface area (Å²) in [6.07, 6.45) is 3.13. The fourth-order valence-corrected chi connectivity index (χ4v) is 4.39. The molecule has 1 aromatic heterocycles. The monoisotopic (exact) mass is 398 g/mol. The van der Waals surface area contributed by atoms with Gasteiger partial charge in [-0.15, -0.1) is 11.3 Å². The van der Waals surface area contributed by atoms with Gasteiger partial charge in [0.25, 0.3) is 5.91 Å². The van der Waals surface area contributed by atoms with Crippen LogP contribution >= 0.6 is 11.3 Å². The molecule has 0 saturated carbocycles. The van der Waals surface area contributed by atoms with E-state index in [0.717, 1.165) is 41.7 Å². The highest BCUT2D eigenvalue weighted by Gasteiger charge is 2.23. The van der Waals surface area contributed by atoms with Gasteiger partial charge in [0.1, 0.15) is 16.8 Å². The quantitative estimate of drug-likeness (QED) is 0.749. The van der Waals surface area contributed by atoms with E-state index in [2.05, 4.69) is 11.4 Å². The zero-order valence-electron chi connectivity index (χ0n) is 15.9. The zero-order chi connectivity index (χ0) is 20.1. The van der Waals surface area contributed by atoms with Crippen molar-refractivity contribution in [3.8, 4) is 11.8 Å². The first-order valence-corrected chi connectivity index (χ1v) is 10.0. The van der Waals surface area contributed by atoms with Gasteiger partial charge in [0, 0.05) is 4.88 Å². The summed E-state index contributed by atoms with van der Waals surface area (Å²) in [7, 11) is 0. The first-order valence-electron chi connectivity index (χ1n) is 9.22. The molecule has 146 valence electrons. The Morgan fingerprint density at radius 3 is 2.86 bits per heavy atom. The van der Waals surface area contributed by atoms with Crippen LogP contribution in [0.3, 0.4) is 0 Å². The van der Waals surface area contributed by atoms with Gasteiger partial charge in [0.2, 0.25) is 0 Å². The Balaban J connectivity index is 1.53. The van der Waals surface area contributed by atoms with E-state index in [-0.39, 0.29) is 0 Å². The number of hydrogen-bond donors (Lipinski definition) is 1. The Bertz CT molecular complexity index is 929. The minimum Gasteiger partial charge on any atom is -0.479 e. The molecular formula is C21H22N2O4S. The van der Waals surface area contributed by atoms with Crippen molar-refractivity contribution < 1.29 is 19.1 Å². The number of nitrogens with one attached hydrogen (secondary N) is 1. The molecule has 1 atom stereocenters. The number of rotatable bonds is 6. The summed E-state index contributed by atoms with van der Waals surface area (Å²) in [6.45, 7) is 3.08. The third-order valence-electron chi connectivity index (χ3n) is 4.52. The first-order chi connectivity index (χ1) is 13.5. The predicted octanol–water partition coefficient (Wildman–Crippen LogP) is 3.76. The molecule has 1 heterocycles. The van der Waals surface area contributed by atoms with Gasteiger partial charge in [0.05, 0.1) is 5.56 Å². The number of benzene rings is 1. The van der Waals surface area contributed by atoms with E-state index >= 15 is 0 Å². The average Bonchev–Trinajstić information content (AvgIpc) is 3.02. The maximum Gasteiger partial charge on any atom is 0.347 e. The molecule has 0 saturated heterocycles. The van der Waals surface area contributed by atoms with Crippen LogP contribution in [-0.4, -0.2) is 24.6 Å². The molecule has 6 nitrogen and oxygen atoms in total. The van der Waals surface area contributed by atoms with Gasteiger partial charge in [-0.2, -0.15) is 5.26 Å². The Labute approximate surface area is 168 Å².